The molecule has 0 fully saturated rings. The van der Waals surface area contributed by atoms with Crippen molar-refractivity contribution in [3.8, 4) is 67.3 Å². The molecule has 9 aromatic rings. The fraction of sp³-hybridized carbons (Fsp3) is 0.0192. The first-order valence-electron chi connectivity index (χ1n) is 18.7. The maximum absolute atomic E-state index is 5.23. The summed E-state index contributed by atoms with van der Waals surface area (Å²) in [5.74, 6) is 0.706. The molecule has 7 aromatic carbocycles. The van der Waals surface area contributed by atoms with Gasteiger partial charge in [-0.2, -0.15) is 0 Å². The van der Waals surface area contributed by atoms with Crippen LogP contribution in [0.5, 0.6) is 0 Å². The van der Waals surface area contributed by atoms with Crippen LogP contribution in [0.1, 0.15) is 22.3 Å². The molecule has 0 N–H and O–H groups in total. The summed E-state index contributed by atoms with van der Waals surface area (Å²) in [6.45, 7) is 0. The van der Waals surface area contributed by atoms with E-state index in [0.717, 1.165) is 39.2 Å². The van der Waals surface area contributed by atoms with Crippen molar-refractivity contribution in [1.29, 1.82) is 0 Å². The summed E-state index contributed by atoms with van der Waals surface area (Å²) in [5, 5.41) is 0. The molecule has 0 radical (unpaired) electrons. The molecule has 0 saturated carbocycles. The molecule has 2 aromatic heterocycles. The number of pyridine rings is 1. The minimum atomic E-state index is -0.577. The van der Waals surface area contributed by atoms with Crippen molar-refractivity contribution in [2.45, 2.75) is 5.41 Å². The maximum Gasteiger partial charge on any atom is 0.160 e. The normalized spacial score (nSPS) is 12.5. The zero-order valence-electron chi connectivity index (χ0n) is 30.0. The van der Waals surface area contributed by atoms with Crippen LogP contribution in [0.3, 0.4) is 0 Å². The second-order valence-electron chi connectivity index (χ2n) is 14.0. The summed E-state index contributed by atoms with van der Waals surface area (Å²) >= 11 is 0. The van der Waals surface area contributed by atoms with E-state index >= 15 is 0 Å². The lowest BCUT2D eigenvalue weighted by Gasteiger charge is -2.34. The molecule has 0 saturated heterocycles. The van der Waals surface area contributed by atoms with E-state index in [1.165, 1.54) is 44.5 Å². The third-order valence-corrected chi connectivity index (χ3v) is 10.9. The fourth-order valence-electron chi connectivity index (χ4n) is 8.28. The highest BCUT2D eigenvalue weighted by Crippen LogP contribution is 2.57. The van der Waals surface area contributed by atoms with Crippen molar-refractivity contribution < 1.29 is 0 Å². The van der Waals surface area contributed by atoms with Crippen LogP contribution in [0.2, 0.25) is 0 Å². The Bertz CT molecular complexity index is 2670. The Morgan fingerprint density at radius 3 is 1.35 bits per heavy atom. The van der Waals surface area contributed by atoms with Crippen LogP contribution in [-0.2, 0) is 5.41 Å². The third kappa shape index (κ3) is 5.65. The van der Waals surface area contributed by atoms with Crippen LogP contribution in [0.4, 0.5) is 0 Å². The van der Waals surface area contributed by atoms with E-state index in [0.29, 0.717) is 5.82 Å². The van der Waals surface area contributed by atoms with E-state index < -0.39 is 5.41 Å². The molecule has 0 amide bonds. The summed E-state index contributed by atoms with van der Waals surface area (Å²) in [4.78, 5) is 14.6. The van der Waals surface area contributed by atoms with Gasteiger partial charge in [-0.25, -0.2) is 9.97 Å². The first kappa shape index (κ1) is 32.4. The molecule has 1 aliphatic carbocycles. The molecule has 1 aliphatic rings. The van der Waals surface area contributed by atoms with Crippen molar-refractivity contribution >= 4 is 0 Å². The van der Waals surface area contributed by atoms with Crippen molar-refractivity contribution in [3.05, 3.63) is 235 Å². The standard InChI is InChI=1S/C52H35N3/c1-5-14-38(15-6-1)49-34-50(55-51(54-49)39-16-7-2-8-17-39)41-28-30-46-45-29-27-40(36-23-25-37(26-24-36)42-18-13-31-53-35-42)32-47(45)52(48(46)33-41,43-19-9-3-10-20-43)44-21-11-4-12-22-44/h1-35H. The Labute approximate surface area is 321 Å². The summed E-state index contributed by atoms with van der Waals surface area (Å²) in [6.07, 6.45) is 3.73. The topological polar surface area (TPSA) is 38.7 Å². The van der Waals surface area contributed by atoms with Gasteiger partial charge >= 0.3 is 0 Å². The maximum atomic E-state index is 5.23. The van der Waals surface area contributed by atoms with Crippen LogP contribution in [0.15, 0.2) is 213 Å². The average Bonchev–Trinajstić information content (AvgIpc) is 3.57. The van der Waals surface area contributed by atoms with Gasteiger partial charge in [-0.05, 0) is 79.9 Å². The van der Waals surface area contributed by atoms with E-state index in [-0.39, 0.29) is 0 Å². The van der Waals surface area contributed by atoms with E-state index in [1.807, 2.05) is 42.7 Å². The number of aromatic nitrogens is 3. The molecule has 0 bridgehead atoms. The predicted octanol–water partition coefficient (Wildman–Crippen LogP) is 12.6. The van der Waals surface area contributed by atoms with Gasteiger partial charge in [-0.15, -0.1) is 0 Å². The Kier molecular flexibility index (Phi) is 8.04. The van der Waals surface area contributed by atoms with Crippen LogP contribution in [0.25, 0.3) is 67.3 Å². The van der Waals surface area contributed by atoms with Crippen molar-refractivity contribution in [1.82, 2.24) is 15.0 Å². The molecule has 0 atom stereocenters. The molecule has 0 unspecified atom stereocenters. The minimum absolute atomic E-state index is 0.577. The first-order valence-corrected chi connectivity index (χ1v) is 18.7. The number of fused-ring (bicyclic) bond motifs is 3. The van der Waals surface area contributed by atoms with Gasteiger partial charge in [0.05, 0.1) is 16.8 Å². The molecule has 2 heterocycles. The number of benzene rings is 7. The fourth-order valence-corrected chi connectivity index (χ4v) is 8.28. The van der Waals surface area contributed by atoms with Gasteiger partial charge in [-0.3, -0.25) is 4.98 Å². The Hall–Kier alpha value is -7.23. The minimum Gasteiger partial charge on any atom is -0.264 e. The number of nitrogens with zero attached hydrogens (tertiary/aromatic N) is 3. The second-order valence-corrected chi connectivity index (χ2v) is 14.0. The highest BCUT2D eigenvalue weighted by molar-refractivity contribution is 5.90. The van der Waals surface area contributed by atoms with E-state index in [2.05, 4.69) is 175 Å². The van der Waals surface area contributed by atoms with Gasteiger partial charge in [-0.1, -0.05) is 176 Å². The van der Waals surface area contributed by atoms with Gasteiger partial charge in [0, 0.05) is 29.1 Å². The Morgan fingerprint density at radius 1 is 0.327 bits per heavy atom. The third-order valence-electron chi connectivity index (χ3n) is 10.9. The number of rotatable bonds is 7. The monoisotopic (exact) mass is 701 g/mol. The number of hydrogen-bond donors (Lipinski definition) is 0. The van der Waals surface area contributed by atoms with Gasteiger partial charge < -0.3 is 0 Å². The highest BCUT2D eigenvalue weighted by Gasteiger charge is 2.46. The lowest BCUT2D eigenvalue weighted by atomic mass is 9.67. The summed E-state index contributed by atoms with van der Waals surface area (Å²) in [6, 6.07) is 71.5. The highest BCUT2D eigenvalue weighted by atomic mass is 14.9. The molecule has 10 rings (SSSR count). The molecule has 0 aliphatic heterocycles. The molecule has 3 nitrogen and oxygen atoms in total. The van der Waals surface area contributed by atoms with Gasteiger partial charge in [0.1, 0.15) is 0 Å². The van der Waals surface area contributed by atoms with Gasteiger partial charge in [0.25, 0.3) is 0 Å². The number of hydrogen-bond acceptors (Lipinski definition) is 3. The lowest BCUT2D eigenvalue weighted by molar-refractivity contribution is 0.769. The van der Waals surface area contributed by atoms with Crippen LogP contribution in [-0.4, -0.2) is 15.0 Å². The van der Waals surface area contributed by atoms with E-state index in [4.69, 9.17) is 9.97 Å². The zero-order chi connectivity index (χ0) is 36.6. The summed E-state index contributed by atoms with van der Waals surface area (Å²) < 4.78 is 0. The summed E-state index contributed by atoms with van der Waals surface area (Å²) in [7, 11) is 0. The second kappa shape index (κ2) is 13.6. The van der Waals surface area contributed by atoms with Crippen LogP contribution >= 0.6 is 0 Å². The molecule has 55 heavy (non-hydrogen) atoms. The Balaban J connectivity index is 1.19. The Morgan fingerprint density at radius 2 is 0.782 bits per heavy atom. The lowest BCUT2D eigenvalue weighted by Crippen LogP contribution is -2.28. The quantitative estimate of drug-likeness (QED) is 0.166. The molecular formula is C52H35N3. The van der Waals surface area contributed by atoms with Crippen molar-refractivity contribution in [2.24, 2.45) is 0 Å². The van der Waals surface area contributed by atoms with E-state index in [1.54, 1.807) is 0 Å². The largest absolute Gasteiger partial charge is 0.264 e. The van der Waals surface area contributed by atoms with Gasteiger partial charge in [0.2, 0.25) is 0 Å². The predicted molar refractivity (Wildman–Crippen MR) is 224 cm³/mol. The van der Waals surface area contributed by atoms with Crippen molar-refractivity contribution in [2.75, 3.05) is 0 Å². The average molecular weight is 702 g/mol. The van der Waals surface area contributed by atoms with Gasteiger partial charge in [0.15, 0.2) is 5.82 Å². The SMILES string of the molecule is c1ccc(-c2cc(-c3ccc4c(c3)C(c3ccccc3)(c3ccccc3)c3cc(-c5ccc(-c6cccnc6)cc5)ccc3-4)nc(-c3ccccc3)n2)cc1. The molecule has 258 valence electrons. The van der Waals surface area contributed by atoms with E-state index in [9.17, 15) is 0 Å². The zero-order valence-corrected chi connectivity index (χ0v) is 30.0. The van der Waals surface area contributed by atoms with Crippen LogP contribution in [0, 0.1) is 0 Å². The van der Waals surface area contributed by atoms with Crippen molar-refractivity contribution in [3.63, 3.8) is 0 Å². The summed E-state index contributed by atoms with van der Waals surface area (Å²) in [5.41, 5.74) is 16.3. The first-order chi connectivity index (χ1) is 27.3. The van der Waals surface area contributed by atoms with Crippen LogP contribution < -0.4 is 0 Å². The molecule has 0 spiro atoms. The molecule has 3 heteroatoms. The molecular weight excluding hydrogens is 667 g/mol. The smallest absolute Gasteiger partial charge is 0.160 e.